The molecule has 0 bridgehead atoms. The van der Waals surface area contributed by atoms with Gasteiger partial charge in [0.05, 0.1) is 24.6 Å². The Hall–Kier alpha value is -3.08. The summed E-state index contributed by atoms with van der Waals surface area (Å²) in [6, 6.07) is -1.22. The van der Waals surface area contributed by atoms with Crippen LogP contribution in [0.15, 0.2) is 16.9 Å². The van der Waals surface area contributed by atoms with Crippen LogP contribution in [0.2, 0.25) is 0 Å². The molecule has 16 heteroatoms. The van der Waals surface area contributed by atoms with Crippen molar-refractivity contribution >= 4 is 35.5 Å². The molecule has 5 fully saturated rings. The Labute approximate surface area is 252 Å². The molecule has 232 valence electrons. The maximum absolute atomic E-state index is 13.5. The average molecular weight is 616 g/mol. The third-order valence-corrected chi connectivity index (χ3v) is 12.5. The molecule has 15 nitrogen and oxygen atoms in total. The molecule has 3 amide bonds. The zero-order valence-electron chi connectivity index (χ0n) is 24.1. The molecule has 5 N–H and O–H groups in total. The number of thioether (sulfide) groups is 1. The van der Waals surface area contributed by atoms with Crippen molar-refractivity contribution in [3.63, 3.8) is 0 Å². The van der Waals surface area contributed by atoms with Gasteiger partial charge < -0.3 is 36.0 Å². The van der Waals surface area contributed by atoms with Gasteiger partial charge in [-0.2, -0.15) is 0 Å². The van der Waals surface area contributed by atoms with Crippen LogP contribution < -0.4 is 16.0 Å². The molecular formula is C27H37N9O6S. The quantitative estimate of drug-likeness (QED) is 0.189. The molecule has 6 heterocycles. The fraction of sp³-hybridized carbons (Fsp3) is 0.741. The van der Waals surface area contributed by atoms with Crippen LogP contribution in [0.4, 0.5) is 0 Å². The zero-order chi connectivity index (χ0) is 30.3. The standard InChI is InChI=1S/C27H37N9O6S/c1-13-20-19(14(2)31-18(38)8-35-12-30-32-33-35)24(40)36(20)21(25(41)42)22(13)43-15-5-16(29-6-15)23(39)34-7-17-26(10-34)3-4-28-9-27(17,26)11-37/h12-17,19-20,28-29,37H,3-11H2,1-2H3,(H,31,38)(H,41,42)/t13-,14-,15+,16+,17?,19-,20-,26+,27?/m1/s1. The van der Waals surface area contributed by atoms with E-state index in [2.05, 4.69) is 31.5 Å². The molecule has 2 unspecified atom stereocenters. The first-order valence-corrected chi connectivity index (χ1v) is 15.8. The molecule has 4 saturated heterocycles. The van der Waals surface area contributed by atoms with Gasteiger partial charge in [-0.25, -0.2) is 9.48 Å². The van der Waals surface area contributed by atoms with Gasteiger partial charge in [0, 0.05) is 59.1 Å². The maximum atomic E-state index is 13.5. The predicted molar refractivity (Wildman–Crippen MR) is 151 cm³/mol. The number of carboxylic acid groups (broad SMARTS) is 1. The molecule has 1 aromatic heterocycles. The van der Waals surface area contributed by atoms with E-state index in [1.807, 2.05) is 11.8 Å². The third-order valence-electron chi connectivity index (χ3n) is 11.0. The minimum absolute atomic E-state index is 0.00993. The number of hydrogen-bond donors (Lipinski definition) is 5. The minimum atomic E-state index is -1.15. The number of aliphatic carboxylic acids is 1. The number of aliphatic hydroxyl groups is 1. The number of piperidine rings is 2. The minimum Gasteiger partial charge on any atom is -0.477 e. The van der Waals surface area contributed by atoms with Crippen LogP contribution in [-0.4, -0.2) is 127 Å². The van der Waals surface area contributed by atoms with Crippen LogP contribution in [0.1, 0.15) is 26.7 Å². The smallest absolute Gasteiger partial charge is 0.353 e. The van der Waals surface area contributed by atoms with Crippen molar-refractivity contribution in [2.45, 2.75) is 56.6 Å². The number of tetrazole rings is 1. The van der Waals surface area contributed by atoms with E-state index in [0.717, 1.165) is 19.5 Å². The number of fused-ring (bicyclic) bond motifs is 2. The van der Waals surface area contributed by atoms with Crippen molar-refractivity contribution in [1.82, 2.24) is 46.0 Å². The molecule has 1 spiro atoms. The molecule has 9 atom stereocenters. The topological polar surface area (TPSA) is 195 Å². The number of aliphatic hydroxyl groups excluding tert-OH is 1. The van der Waals surface area contributed by atoms with Crippen molar-refractivity contribution in [1.29, 1.82) is 0 Å². The summed E-state index contributed by atoms with van der Waals surface area (Å²) in [4.78, 5) is 55.6. The van der Waals surface area contributed by atoms with Crippen LogP contribution in [0.25, 0.3) is 0 Å². The molecule has 0 aromatic carbocycles. The zero-order valence-corrected chi connectivity index (χ0v) is 24.9. The Balaban J connectivity index is 0.980. The van der Waals surface area contributed by atoms with Crippen LogP contribution in [-0.2, 0) is 25.7 Å². The van der Waals surface area contributed by atoms with Crippen LogP contribution in [0.5, 0.6) is 0 Å². The number of likely N-dealkylation sites (tertiary alicyclic amines) is 1. The highest BCUT2D eigenvalue weighted by Crippen LogP contribution is 2.74. The Morgan fingerprint density at radius 2 is 2.14 bits per heavy atom. The lowest BCUT2D eigenvalue weighted by Gasteiger charge is -2.47. The number of nitrogens with one attached hydrogen (secondary N) is 3. The predicted octanol–water partition coefficient (Wildman–Crippen LogP) is -2.16. The van der Waals surface area contributed by atoms with Gasteiger partial charge in [-0.1, -0.05) is 6.92 Å². The summed E-state index contributed by atoms with van der Waals surface area (Å²) in [6.07, 6.45) is 2.87. The number of carboxylic acids is 1. The second-order valence-corrected chi connectivity index (χ2v) is 14.3. The van der Waals surface area contributed by atoms with Crippen molar-refractivity contribution in [3.05, 3.63) is 16.9 Å². The first-order valence-electron chi connectivity index (χ1n) is 14.9. The first kappa shape index (κ1) is 28.7. The second kappa shape index (κ2) is 10.2. The SMILES string of the molecule is C[C@@H](NC(=O)Cn1cnnn1)[C@H]1C(=O)N2C(C(=O)O)=C(S[C@@H]3CN[C@H](C(=O)N4CC5C6(CO)CNCC[C@]56C4)C3)[C@H](C)[C@H]12. The van der Waals surface area contributed by atoms with Crippen molar-refractivity contribution in [2.75, 3.05) is 39.3 Å². The first-order chi connectivity index (χ1) is 20.6. The van der Waals surface area contributed by atoms with E-state index in [1.54, 1.807) is 6.92 Å². The Kier molecular flexibility index (Phi) is 6.83. The number of aromatic nitrogens is 4. The number of rotatable bonds is 9. The highest BCUT2D eigenvalue weighted by molar-refractivity contribution is 8.03. The summed E-state index contributed by atoms with van der Waals surface area (Å²) in [5.41, 5.74) is -0.0618. The van der Waals surface area contributed by atoms with E-state index in [1.165, 1.54) is 27.7 Å². The Morgan fingerprint density at radius 1 is 1.33 bits per heavy atom. The average Bonchev–Trinajstić information content (AvgIpc) is 3.60. The number of nitrogens with zero attached hydrogens (tertiary/aromatic N) is 6. The molecule has 43 heavy (non-hydrogen) atoms. The fourth-order valence-electron chi connectivity index (χ4n) is 8.87. The molecule has 1 aromatic rings. The van der Waals surface area contributed by atoms with Gasteiger partial charge in [0.15, 0.2) is 0 Å². The monoisotopic (exact) mass is 615 g/mol. The molecule has 1 saturated carbocycles. The summed E-state index contributed by atoms with van der Waals surface area (Å²) >= 11 is 1.45. The normalized spacial score (nSPS) is 38.3. The summed E-state index contributed by atoms with van der Waals surface area (Å²) in [6.45, 7) is 7.38. The second-order valence-electron chi connectivity index (χ2n) is 13.0. The Morgan fingerprint density at radius 3 is 2.86 bits per heavy atom. The fourth-order valence-corrected chi connectivity index (χ4v) is 10.3. The van der Waals surface area contributed by atoms with Crippen molar-refractivity contribution < 1.29 is 29.4 Å². The molecule has 7 rings (SSSR count). The van der Waals surface area contributed by atoms with Crippen LogP contribution >= 0.6 is 11.8 Å². The highest BCUT2D eigenvalue weighted by atomic mass is 32.2. The van der Waals surface area contributed by atoms with Gasteiger partial charge in [-0.05, 0) is 42.7 Å². The van der Waals surface area contributed by atoms with Gasteiger partial charge in [0.1, 0.15) is 18.6 Å². The maximum Gasteiger partial charge on any atom is 0.353 e. The number of hydrogen-bond acceptors (Lipinski definition) is 11. The van der Waals surface area contributed by atoms with Crippen LogP contribution in [0.3, 0.4) is 0 Å². The van der Waals surface area contributed by atoms with Gasteiger partial charge >= 0.3 is 5.97 Å². The van der Waals surface area contributed by atoms with E-state index in [9.17, 15) is 29.4 Å². The van der Waals surface area contributed by atoms with Gasteiger partial charge in [0.2, 0.25) is 17.7 Å². The molecule has 5 aliphatic heterocycles. The molecular weight excluding hydrogens is 578 g/mol. The lowest BCUT2D eigenvalue weighted by atomic mass is 9.78. The summed E-state index contributed by atoms with van der Waals surface area (Å²) in [7, 11) is 0. The van der Waals surface area contributed by atoms with E-state index >= 15 is 0 Å². The number of carbonyl (C=O) groups is 4. The van der Waals surface area contributed by atoms with Gasteiger partial charge in [0.25, 0.3) is 0 Å². The van der Waals surface area contributed by atoms with E-state index in [4.69, 9.17) is 0 Å². The molecule has 1 aliphatic carbocycles. The summed E-state index contributed by atoms with van der Waals surface area (Å²) in [5, 5.41) is 40.5. The van der Waals surface area contributed by atoms with Crippen molar-refractivity contribution in [3.8, 4) is 0 Å². The van der Waals surface area contributed by atoms with Gasteiger partial charge in [-0.15, -0.1) is 16.9 Å². The third kappa shape index (κ3) is 4.16. The van der Waals surface area contributed by atoms with E-state index < -0.39 is 17.9 Å². The number of amides is 3. The van der Waals surface area contributed by atoms with E-state index in [0.29, 0.717) is 36.9 Å². The lowest BCUT2D eigenvalue weighted by molar-refractivity contribution is -0.158. The number of β-lactam (4-membered cyclic amide) rings is 1. The largest absolute Gasteiger partial charge is 0.477 e. The summed E-state index contributed by atoms with van der Waals surface area (Å²) < 4.78 is 1.28. The van der Waals surface area contributed by atoms with E-state index in [-0.39, 0.29) is 70.7 Å². The van der Waals surface area contributed by atoms with Gasteiger partial charge in [-0.3, -0.25) is 14.4 Å². The van der Waals surface area contributed by atoms with Crippen molar-refractivity contribution in [2.24, 2.45) is 28.6 Å². The van der Waals surface area contributed by atoms with Crippen LogP contribution in [0, 0.1) is 28.6 Å². The molecule has 6 aliphatic rings. The number of carbonyl (C=O) groups excluding carboxylic acids is 3. The highest BCUT2D eigenvalue weighted by Gasteiger charge is 2.79. The molecule has 0 radical (unpaired) electrons. The Bertz CT molecular complexity index is 1390. The lowest BCUT2D eigenvalue weighted by Crippen LogP contribution is -2.66. The summed E-state index contributed by atoms with van der Waals surface area (Å²) in [5.74, 6) is -2.19.